The predicted octanol–water partition coefficient (Wildman–Crippen LogP) is 5.21. The van der Waals surface area contributed by atoms with Gasteiger partial charge in [0.25, 0.3) is 0 Å². The second kappa shape index (κ2) is 19.2. The molecular formula is C34H56ClN5O2. The summed E-state index contributed by atoms with van der Waals surface area (Å²) >= 11 is 6.08. The zero-order valence-corrected chi connectivity index (χ0v) is 27.9. The maximum absolute atomic E-state index is 13.7. The number of nitrogens with zero attached hydrogens (tertiary/aromatic N) is 2. The highest BCUT2D eigenvalue weighted by Gasteiger charge is 2.32. The summed E-state index contributed by atoms with van der Waals surface area (Å²) in [6.45, 7) is 21.2. The molecule has 0 aliphatic carbocycles. The lowest BCUT2D eigenvalue weighted by Crippen LogP contribution is -2.57. The van der Waals surface area contributed by atoms with Gasteiger partial charge in [-0.2, -0.15) is 0 Å². The number of nitrogens with one attached hydrogen (secondary N) is 3. The first-order chi connectivity index (χ1) is 20.1. The van der Waals surface area contributed by atoms with Crippen molar-refractivity contribution in [3.05, 3.63) is 58.1 Å². The Kier molecular flexibility index (Phi) is 16.4. The van der Waals surface area contributed by atoms with E-state index in [1.165, 1.54) is 17.6 Å². The molecular weight excluding hydrogens is 546 g/mol. The molecule has 1 fully saturated rings. The van der Waals surface area contributed by atoms with Gasteiger partial charge in [0, 0.05) is 62.7 Å². The summed E-state index contributed by atoms with van der Waals surface area (Å²) in [4.78, 5) is 31.3. The highest BCUT2D eigenvalue weighted by atomic mass is 35.5. The molecule has 3 N–H and O–H groups in total. The van der Waals surface area contributed by atoms with Crippen molar-refractivity contribution >= 4 is 23.4 Å². The Morgan fingerprint density at radius 1 is 1.07 bits per heavy atom. The minimum Gasteiger partial charge on any atom is -0.344 e. The molecule has 2 aliphatic heterocycles. The van der Waals surface area contributed by atoms with Gasteiger partial charge < -0.3 is 20.9 Å². The molecule has 3 unspecified atom stereocenters. The second-order valence-electron chi connectivity index (χ2n) is 11.8. The van der Waals surface area contributed by atoms with Crippen molar-refractivity contribution in [3.63, 3.8) is 0 Å². The van der Waals surface area contributed by atoms with Crippen molar-refractivity contribution in [1.82, 2.24) is 25.8 Å². The fourth-order valence-corrected chi connectivity index (χ4v) is 5.88. The Bertz CT molecular complexity index is 1010. The maximum Gasteiger partial charge on any atom is 0.245 e. The number of piperazine rings is 1. The van der Waals surface area contributed by atoms with Crippen LogP contribution in [-0.2, 0) is 16.0 Å². The smallest absolute Gasteiger partial charge is 0.245 e. The number of hydrogen-bond acceptors (Lipinski definition) is 5. The van der Waals surface area contributed by atoms with Gasteiger partial charge in [0.05, 0.1) is 0 Å². The minimum absolute atomic E-state index is 0.00103. The van der Waals surface area contributed by atoms with Gasteiger partial charge in [0.1, 0.15) is 6.04 Å². The van der Waals surface area contributed by atoms with E-state index in [-0.39, 0.29) is 17.9 Å². The van der Waals surface area contributed by atoms with Crippen LogP contribution in [0.4, 0.5) is 0 Å². The second-order valence-corrected chi connectivity index (χ2v) is 12.2. The molecule has 2 heterocycles. The van der Waals surface area contributed by atoms with E-state index in [4.69, 9.17) is 11.6 Å². The molecule has 42 heavy (non-hydrogen) atoms. The molecule has 0 radical (unpaired) electrons. The van der Waals surface area contributed by atoms with E-state index in [0.717, 1.165) is 44.7 Å². The van der Waals surface area contributed by atoms with Crippen molar-refractivity contribution < 1.29 is 9.59 Å². The van der Waals surface area contributed by atoms with Crippen LogP contribution in [0.15, 0.2) is 47.6 Å². The van der Waals surface area contributed by atoms with Crippen molar-refractivity contribution in [2.45, 2.75) is 92.3 Å². The van der Waals surface area contributed by atoms with Crippen LogP contribution in [0.3, 0.4) is 0 Å². The number of carbonyl (C=O) groups is 2. The normalized spacial score (nSPS) is 19.2. The summed E-state index contributed by atoms with van der Waals surface area (Å²) in [5.41, 5.74) is 3.40. The van der Waals surface area contributed by atoms with Crippen LogP contribution in [0.1, 0.15) is 73.3 Å². The molecule has 8 heteroatoms. The van der Waals surface area contributed by atoms with Gasteiger partial charge in [0.2, 0.25) is 11.8 Å². The van der Waals surface area contributed by atoms with Gasteiger partial charge in [-0.25, -0.2) is 0 Å². The van der Waals surface area contributed by atoms with Gasteiger partial charge in [-0.1, -0.05) is 76.1 Å². The van der Waals surface area contributed by atoms with Crippen LogP contribution >= 0.6 is 11.6 Å². The van der Waals surface area contributed by atoms with Crippen LogP contribution in [0.25, 0.3) is 0 Å². The van der Waals surface area contributed by atoms with E-state index >= 15 is 0 Å². The standard InChI is InChI=1S/C30H45ClN4O2.C4H11N/c1-6-8-24-20-32-27(22(24)5)19-29(36)33-28(18-23-9-11-25(31)12-10-23)30(37)35-15-13-34(14-16-35)26(7-2)17-21(3)4;1-3-5-4-2/h6,8-12,21,26-28,32H,7,13-20H2,1-5H3,(H,33,36);5H,3-4H2,1-2H3/b8-6-;. The summed E-state index contributed by atoms with van der Waals surface area (Å²) in [5, 5.41) is 10.3. The van der Waals surface area contributed by atoms with E-state index in [1.54, 1.807) is 0 Å². The fraction of sp³-hybridized carbons (Fsp3) is 0.647. The first-order valence-electron chi connectivity index (χ1n) is 16.0. The number of halogens is 1. The van der Waals surface area contributed by atoms with Crippen molar-refractivity contribution in [2.75, 3.05) is 45.8 Å². The van der Waals surface area contributed by atoms with Gasteiger partial charge >= 0.3 is 0 Å². The van der Waals surface area contributed by atoms with E-state index in [0.29, 0.717) is 42.9 Å². The molecule has 1 aromatic rings. The highest BCUT2D eigenvalue weighted by Crippen LogP contribution is 2.21. The van der Waals surface area contributed by atoms with Crippen LogP contribution in [0, 0.1) is 5.92 Å². The number of carbonyl (C=O) groups excluding carboxylic acids is 2. The maximum atomic E-state index is 13.7. The Morgan fingerprint density at radius 3 is 2.24 bits per heavy atom. The number of rotatable bonds is 13. The van der Waals surface area contributed by atoms with Gasteiger partial charge in [-0.15, -0.1) is 0 Å². The van der Waals surface area contributed by atoms with Gasteiger partial charge in [0.15, 0.2) is 0 Å². The molecule has 3 atom stereocenters. The molecule has 0 spiro atoms. The number of benzene rings is 1. The van der Waals surface area contributed by atoms with Crippen molar-refractivity contribution in [3.8, 4) is 0 Å². The average molecular weight is 602 g/mol. The molecule has 2 aliphatic rings. The third kappa shape index (κ3) is 11.8. The zero-order valence-electron chi connectivity index (χ0n) is 27.1. The monoisotopic (exact) mass is 601 g/mol. The third-order valence-corrected chi connectivity index (χ3v) is 8.42. The topological polar surface area (TPSA) is 76.7 Å². The Hall–Kier alpha value is -2.19. The average Bonchev–Trinajstić information content (AvgIpc) is 3.31. The quantitative estimate of drug-likeness (QED) is 0.289. The molecule has 0 aromatic heterocycles. The summed E-state index contributed by atoms with van der Waals surface area (Å²) in [6, 6.07) is 7.48. The predicted molar refractivity (Wildman–Crippen MR) is 177 cm³/mol. The highest BCUT2D eigenvalue weighted by molar-refractivity contribution is 6.30. The summed E-state index contributed by atoms with van der Waals surface area (Å²) in [5.74, 6) is 0.555. The lowest BCUT2D eigenvalue weighted by Gasteiger charge is -2.40. The van der Waals surface area contributed by atoms with E-state index in [1.807, 2.05) is 42.2 Å². The Balaban J connectivity index is 0.00000113. The Labute approximate surface area is 260 Å². The van der Waals surface area contributed by atoms with E-state index in [9.17, 15) is 9.59 Å². The van der Waals surface area contributed by atoms with E-state index in [2.05, 4.69) is 68.5 Å². The van der Waals surface area contributed by atoms with Crippen molar-refractivity contribution in [2.24, 2.45) is 5.92 Å². The molecule has 0 saturated carbocycles. The number of hydrogen-bond donors (Lipinski definition) is 3. The minimum atomic E-state index is -0.599. The van der Waals surface area contributed by atoms with Gasteiger partial charge in [-0.05, 0) is 69.0 Å². The van der Waals surface area contributed by atoms with Crippen LogP contribution in [-0.4, -0.2) is 85.6 Å². The van der Waals surface area contributed by atoms with Crippen LogP contribution in [0.5, 0.6) is 0 Å². The molecule has 236 valence electrons. The summed E-state index contributed by atoms with van der Waals surface area (Å²) in [7, 11) is 0. The zero-order chi connectivity index (χ0) is 31.1. The number of allylic oxidation sites excluding steroid dienone is 1. The lowest BCUT2D eigenvalue weighted by atomic mass is 9.99. The molecule has 3 rings (SSSR count). The number of amides is 2. The van der Waals surface area contributed by atoms with E-state index < -0.39 is 6.04 Å². The van der Waals surface area contributed by atoms with Crippen molar-refractivity contribution in [1.29, 1.82) is 0 Å². The first kappa shape index (κ1) is 36.0. The third-order valence-electron chi connectivity index (χ3n) is 8.17. The molecule has 2 amide bonds. The lowest BCUT2D eigenvalue weighted by molar-refractivity contribution is -0.138. The molecule has 0 bridgehead atoms. The largest absolute Gasteiger partial charge is 0.344 e. The van der Waals surface area contributed by atoms with Crippen LogP contribution < -0.4 is 16.0 Å². The molecule has 7 nitrogen and oxygen atoms in total. The Morgan fingerprint density at radius 2 is 1.71 bits per heavy atom. The molecule has 1 aromatic carbocycles. The first-order valence-corrected chi connectivity index (χ1v) is 16.3. The molecule has 1 saturated heterocycles. The summed E-state index contributed by atoms with van der Waals surface area (Å²) in [6.07, 6.45) is 7.19. The fourth-order valence-electron chi connectivity index (χ4n) is 5.76. The van der Waals surface area contributed by atoms with Gasteiger partial charge in [-0.3, -0.25) is 14.5 Å². The van der Waals surface area contributed by atoms with Crippen LogP contribution in [0.2, 0.25) is 5.02 Å². The summed E-state index contributed by atoms with van der Waals surface area (Å²) < 4.78 is 0. The SMILES string of the molecule is C/C=C\C1=C(C)C(CC(=O)NC(Cc2ccc(Cl)cc2)C(=O)N2CCN(C(CC)CC(C)C)CC2)NC1.CCNCC.